The first-order chi connectivity index (χ1) is 15.7. The van der Waals surface area contributed by atoms with Crippen molar-refractivity contribution in [3.63, 3.8) is 0 Å². The zero-order valence-corrected chi connectivity index (χ0v) is 18.6. The fourth-order valence-electron chi connectivity index (χ4n) is 3.04. The lowest BCUT2D eigenvalue weighted by molar-refractivity contribution is -0.170. The molecule has 0 saturated heterocycles. The maximum Gasteiger partial charge on any atom is 0.431 e. The molecular weight excluding hydrogens is 492 g/mol. The molecule has 1 aliphatic rings. The van der Waals surface area contributed by atoms with Crippen LogP contribution in [0.15, 0.2) is 27.8 Å². The molecule has 1 fully saturated rings. The number of hydrogen-bond donors (Lipinski definition) is 0. The summed E-state index contributed by atoms with van der Waals surface area (Å²) in [4.78, 5) is 48.8. The molecule has 0 N–H and O–H groups in total. The van der Waals surface area contributed by atoms with E-state index in [4.69, 9.17) is 21.1 Å². The first kappa shape index (κ1) is 25.3. The van der Waals surface area contributed by atoms with Gasteiger partial charge in [-0.3, -0.25) is 9.36 Å². The smallest absolute Gasteiger partial charge is 0.431 e. The second-order valence-corrected chi connectivity index (χ2v) is 7.85. The van der Waals surface area contributed by atoms with Crippen LogP contribution in [-0.2, 0) is 32.3 Å². The van der Waals surface area contributed by atoms with Gasteiger partial charge in [0.2, 0.25) is 5.60 Å². The van der Waals surface area contributed by atoms with Gasteiger partial charge in [0.25, 0.3) is 5.56 Å². The zero-order chi connectivity index (χ0) is 25.6. The molecule has 1 saturated carbocycles. The molecule has 1 atom stereocenters. The van der Waals surface area contributed by atoms with Crippen LogP contribution in [0, 0.1) is 5.82 Å². The Labute approximate surface area is 193 Å². The highest BCUT2D eigenvalue weighted by Gasteiger charge is 2.55. The van der Waals surface area contributed by atoms with E-state index in [9.17, 15) is 36.7 Å². The van der Waals surface area contributed by atoms with Gasteiger partial charge in [-0.05, 0) is 13.0 Å². The third-order valence-corrected chi connectivity index (χ3v) is 5.35. The minimum Gasteiger partial charge on any atom is -0.474 e. The summed E-state index contributed by atoms with van der Waals surface area (Å²) in [5, 5.41) is -0.349. The van der Waals surface area contributed by atoms with Crippen LogP contribution < -0.4 is 16.0 Å². The Hall–Kier alpha value is -3.35. The highest BCUT2D eigenvalue weighted by molar-refractivity contribution is 6.32. The van der Waals surface area contributed by atoms with Crippen LogP contribution in [0.25, 0.3) is 5.69 Å². The Bertz CT molecular complexity index is 1280. The number of nitrogens with zero attached hydrogens (tertiary/aromatic N) is 2. The van der Waals surface area contributed by atoms with Gasteiger partial charge < -0.3 is 14.2 Å². The molecule has 0 bridgehead atoms. The molecule has 34 heavy (non-hydrogen) atoms. The van der Waals surface area contributed by atoms with Crippen molar-refractivity contribution in [3.8, 4) is 11.4 Å². The second kappa shape index (κ2) is 8.78. The molecule has 9 nitrogen and oxygen atoms in total. The van der Waals surface area contributed by atoms with Gasteiger partial charge in [0.1, 0.15) is 17.3 Å². The van der Waals surface area contributed by atoms with Crippen molar-refractivity contribution in [1.29, 1.82) is 0 Å². The first-order valence-electron chi connectivity index (χ1n) is 9.59. The Balaban J connectivity index is 2.02. The number of esters is 2. The summed E-state index contributed by atoms with van der Waals surface area (Å²) in [7, 11) is 1.87. The van der Waals surface area contributed by atoms with Crippen LogP contribution in [-0.4, -0.2) is 39.9 Å². The third kappa shape index (κ3) is 4.65. The van der Waals surface area contributed by atoms with E-state index in [0.717, 1.165) is 20.2 Å². The van der Waals surface area contributed by atoms with Crippen LogP contribution in [0.4, 0.5) is 17.6 Å². The first-order valence-corrected chi connectivity index (χ1v) is 9.97. The van der Waals surface area contributed by atoms with E-state index in [1.54, 1.807) is 0 Å². The maximum atomic E-state index is 14.6. The number of rotatable bonds is 6. The Morgan fingerprint density at radius 2 is 1.79 bits per heavy atom. The van der Waals surface area contributed by atoms with Crippen LogP contribution in [0.1, 0.15) is 25.5 Å². The summed E-state index contributed by atoms with van der Waals surface area (Å²) >= 11 is 5.99. The van der Waals surface area contributed by atoms with Gasteiger partial charge in [-0.25, -0.2) is 23.3 Å². The van der Waals surface area contributed by atoms with Crippen LogP contribution in [0.2, 0.25) is 5.02 Å². The summed E-state index contributed by atoms with van der Waals surface area (Å²) in [6, 6.07) is 1.63. The van der Waals surface area contributed by atoms with Crippen molar-refractivity contribution >= 4 is 23.5 Å². The Kier molecular flexibility index (Phi) is 6.53. The summed E-state index contributed by atoms with van der Waals surface area (Å²) in [5.41, 5.74) is -6.76. The number of ether oxygens (including phenoxy) is 3. The quantitative estimate of drug-likeness (QED) is 0.435. The van der Waals surface area contributed by atoms with E-state index in [1.807, 2.05) is 0 Å². The molecule has 3 rings (SSSR count). The fourth-order valence-corrected chi connectivity index (χ4v) is 3.23. The lowest BCUT2D eigenvalue weighted by Gasteiger charge is -2.20. The highest BCUT2D eigenvalue weighted by atomic mass is 35.5. The summed E-state index contributed by atoms with van der Waals surface area (Å²) < 4.78 is 69.3. The standard InChI is InChI=1S/C20H17ClF4N2O7/c1-9(16(29)32-3)33-17(30)19(4-5-19)34-13-7-12(11(22)6-10(13)21)27-15(28)8-14(20(23,24)25)26(2)18(27)31/h6-9H,4-5H2,1-3H3. The molecule has 1 heterocycles. The molecule has 0 amide bonds. The summed E-state index contributed by atoms with van der Waals surface area (Å²) in [6.45, 7) is 1.27. The van der Waals surface area contributed by atoms with Gasteiger partial charge in [-0.15, -0.1) is 0 Å². The molecule has 1 aromatic heterocycles. The Morgan fingerprint density at radius 3 is 2.32 bits per heavy atom. The van der Waals surface area contributed by atoms with Crippen molar-refractivity contribution in [2.75, 3.05) is 7.11 Å². The van der Waals surface area contributed by atoms with E-state index in [-0.39, 0.29) is 38.8 Å². The van der Waals surface area contributed by atoms with E-state index in [1.165, 1.54) is 6.92 Å². The van der Waals surface area contributed by atoms with Crippen molar-refractivity contribution in [3.05, 3.63) is 55.6 Å². The lowest BCUT2D eigenvalue weighted by atomic mass is 10.2. The predicted octanol–water partition coefficient (Wildman–Crippen LogP) is 2.36. The zero-order valence-electron chi connectivity index (χ0n) is 17.9. The molecule has 2 aromatic rings. The fraction of sp³-hybridized carbons (Fsp3) is 0.400. The monoisotopic (exact) mass is 508 g/mol. The SMILES string of the molecule is COC(=O)C(C)OC(=O)C1(Oc2cc(-n3c(=O)cc(C(F)(F)F)n(C)c3=O)c(F)cc2Cl)CC1. The predicted molar refractivity (Wildman–Crippen MR) is 107 cm³/mol. The van der Waals surface area contributed by atoms with Crippen molar-refractivity contribution in [2.24, 2.45) is 7.05 Å². The van der Waals surface area contributed by atoms with E-state index < -0.39 is 58.3 Å². The minimum absolute atomic E-state index is 0.143. The molecule has 0 radical (unpaired) electrons. The molecule has 0 aliphatic heterocycles. The summed E-state index contributed by atoms with van der Waals surface area (Å²) in [6.07, 6.45) is -5.96. The second-order valence-electron chi connectivity index (χ2n) is 7.44. The van der Waals surface area contributed by atoms with Crippen LogP contribution in [0.3, 0.4) is 0 Å². The number of halogens is 5. The van der Waals surface area contributed by atoms with Crippen LogP contribution >= 0.6 is 11.6 Å². The molecular formula is C20H17ClF4N2O7. The van der Waals surface area contributed by atoms with E-state index >= 15 is 0 Å². The normalized spacial score (nSPS) is 15.4. The molecule has 1 unspecified atom stereocenters. The molecule has 0 spiro atoms. The topological polar surface area (TPSA) is 106 Å². The van der Waals surface area contributed by atoms with Gasteiger partial charge in [0.05, 0.1) is 17.8 Å². The van der Waals surface area contributed by atoms with Gasteiger partial charge in [0, 0.05) is 32.0 Å². The van der Waals surface area contributed by atoms with E-state index in [0.29, 0.717) is 6.07 Å². The molecule has 1 aliphatic carbocycles. The van der Waals surface area contributed by atoms with Gasteiger partial charge in [-0.1, -0.05) is 11.6 Å². The lowest BCUT2D eigenvalue weighted by Crippen LogP contribution is -2.41. The third-order valence-electron chi connectivity index (χ3n) is 5.05. The minimum atomic E-state index is -5.00. The average molecular weight is 509 g/mol. The molecule has 1 aromatic carbocycles. The number of alkyl halides is 3. The molecule has 184 valence electrons. The van der Waals surface area contributed by atoms with Gasteiger partial charge in [-0.2, -0.15) is 13.2 Å². The Morgan fingerprint density at radius 1 is 1.18 bits per heavy atom. The van der Waals surface area contributed by atoms with Crippen molar-refractivity contribution < 1.29 is 41.4 Å². The molecule has 14 heteroatoms. The van der Waals surface area contributed by atoms with Gasteiger partial charge >= 0.3 is 23.8 Å². The number of carbonyl (C=O) groups excluding carboxylic acids is 2. The number of aromatic nitrogens is 2. The number of methoxy groups -OCH3 is 1. The maximum absolute atomic E-state index is 14.6. The summed E-state index contributed by atoms with van der Waals surface area (Å²) in [5.74, 6) is -3.30. The number of carbonyl (C=O) groups is 2. The van der Waals surface area contributed by atoms with Crippen LogP contribution in [0.5, 0.6) is 5.75 Å². The van der Waals surface area contributed by atoms with E-state index in [2.05, 4.69) is 4.74 Å². The largest absolute Gasteiger partial charge is 0.474 e. The number of benzene rings is 1. The number of hydrogen-bond acceptors (Lipinski definition) is 7. The average Bonchev–Trinajstić information content (AvgIpc) is 3.53. The van der Waals surface area contributed by atoms with Crippen molar-refractivity contribution in [2.45, 2.75) is 37.6 Å². The van der Waals surface area contributed by atoms with Gasteiger partial charge in [0.15, 0.2) is 6.10 Å². The highest BCUT2D eigenvalue weighted by Crippen LogP contribution is 2.44. The van der Waals surface area contributed by atoms with Crippen molar-refractivity contribution in [1.82, 2.24) is 9.13 Å².